The number of anilines is 1. The van der Waals surface area contributed by atoms with Gasteiger partial charge in [-0.25, -0.2) is 9.97 Å². The Labute approximate surface area is 154 Å². The maximum Gasteiger partial charge on any atom is 0.256 e. The van der Waals surface area contributed by atoms with E-state index in [0.29, 0.717) is 5.56 Å². The van der Waals surface area contributed by atoms with Crippen LogP contribution in [0.3, 0.4) is 0 Å². The van der Waals surface area contributed by atoms with E-state index in [4.69, 9.17) is 9.97 Å². The van der Waals surface area contributed by atoms with Gasteiger partial charge in [-0.1, -0.05) is 0 Å². The van der Waals surface area contributed by atoms with E-state index in [9.17, 15) is 4.79 Å². The van der Waals surface area contributed by atoms with E-state index in [-0.39, 0.29) is 11.9 Å². The van der Waals surface area contributed by atoms with Gasteiger partial charge in [0, 0.05) is 43.8 Å². The molecule has 4 heterocycles. The van der Waals surface area contributed by atoms with Crippen molar-refractivity contribution in [3.05, 3.63) is 47.2 Å². The number of aryl methyl sites for hydroxylation is 1. The molecule has 136 valence electrons. The molecule has 0 aliphatic carbocycles. The van der Waals surface area contributed by atoms with Crippen molar-refractivity contribution in [2.24, 2.45) is 0 Å². The quantitative estimate of drug-likeness (QED) is 0.832. The van der Waals surface area contributed by atoms with Gasteiger partial charge < -0.3 is 9.80 Å². The van der Waals surface area contributed by atoms with Crippen LogP contribution in [-0.4, -0.2) is 45.9 Å². The van der Waals surface area contributed by atoms with Crippen LogP contribution in [0.15, 0.2) is 24.5 Å². The van der Waals surface area contributed by atoms with Crippen molar-refractivity contribution in [2.45, 2.75) is 45.1 Å². The number of hydrogen-bond donors (Lipinski definition) is 0. The summed E-state index contributed by atoms with van der Waals surface area (Å²) in [5, 5.41) is 0. The number of hydrogen-bond acceptors (Lipinski definition) is 5. The minimum absolute atomic E-state index is 0.0233. The van der Waals surface area contributed by atoms with Crippen molar-refractivity contribution >= 4 is 11.7 Å². The van der Waals surface area contributed by atoms with Crippen LogP contribution in [0.2, 0.25) is 0 Å². The number of carbonyl (C=O) groups excluding carboxylic acids is 1. The molecule has 1 saturated heterocycles. The third-order valence-electron chi connectivity index (χ3n) is 5.46. The Kier molecular flexibility index (Phi) is 4.57. The topological polar surface area (TPSA) is 62.2 Å². The summed E-state index contributed by atoms with van der Waals surface area (Å²) in [4.78, 5) is 31.0. The van der Waals surface area contributed by atoms with Gasteiger partial charge in [0.25, 0.3) is 5.91 Å². The first kappa shape index (κ1) is 16.9. The Balaban J connectivity index is 1.70. The minimum atomic E-state index is -0.0595. The summed E-state index contributed by atoms with van der Waals surface area (Å²) in [7, 11) is 2.09. The fourth-order valence-electron chi connectivity index (χ4n) is 4.06. The number of carbonyl (C=O) groups is 1. The molecule has 0 aromatic carbocycles. The van der Waals surface area contributed by atoms with Gasteiger partial charge in [0.2, 0.25) is 0 Å². The highest BCUT2D eigenvalue weighted by Gasteiger charge is 2.32. The van der Waals surface area contributed by atoms with Crippen molar-refractivity contribution in [1.82, 2.24) is 19.9 Å². The van der Waals surface area contributed by atoms with Crippen LogP contribution in [0.25, 0.3) is 0 Å². The first-order valence-electron chi connectivity index (χ1n) is 9.44. The second kappa shape index (κ2) is 7.02. The molecule has 2 aromatic heterocycles. The Morgan fingerprint density at radius 3 is 2.88 bits per heavy atom. The van der Waals surface area contributed by atoms with Crippen LogP contribution >= 0.6 is 0 Å². The largest absolute Gasteiger partial charge is 0.359 e. The second-order valence-corrected chi connectivity index (χ2v) is 7.25. The van der Waals surface area contributed by atoms with Crippen molar-refractivity contribution in [2.75, 3.05) is 25.0 Å². The molecular weight excluding hydrogens is 326 g/mol. The van der Waals surface area contributed by atoms with Gasteiger partial charge in [-0.15, -0.1) is 0 Å². The van der Waals surface area contributed by atoms with E-state index in [0.717, 1.165) is 62.5 Å². The van der Waals surface area contributed by atoms with Gasteiger partial charge in [-0.3, -0.25) is 9.78 Å². The SMILES string of the molecule is Cc1nc([C@H]2CCCCN2C(=O)c2cccnc2)nc2c1CCCN2C. The van der Waals surface area contributed by atoms with E-state index in [1.165, 1.54) is 5.56 Å². The van der Waals surface area contributed by atoms with Crippen molar-refractivity contribution in [1.29, 1.82) is 0 Å². The molecule has 1 amide bonds. The molecule has 0 N–H and O–H groups in total. The first-order valence-corrected chi connectivity index (χ1v) is 9.44. The number of rotatable bonds is 2. The highest BCUT2D eigenvalue weighted by molar-refractivity contribution is 5.94. The summed E-state index contributed by atoms with van der Waals surface area (Å²) in [6.07, 6.45) is 8.53. The number of aromatic nitrogens is 3. The second-order valence-electron chi connectivity index (χ2n) is 7.25. The fraction of sp³-hybridized carbons (Fsp3) is 0.500. The number of piperidine rings is 1. The van der Waals surface area contributed by atoms with Gasteiger partial charge in [-0.05, 0) is 51.2 Å². The summed E-state index contributed by atoms with van der Waals surface area (Å²) in [6, 6.07) is 3.57. The molecule has 0 saturated carbocycles. The Morgan fingerprint density at radius 1 is 1.19 bits per heavy atom. The van der Waals surface area contributed by atoms with Gasteiger partial charge in [0.15, 0.2) is 5.82 Å². The lowest BCUT2D eigenvalue weighted by Crippen LogP contribution is -2.40. The molecular formula is C20H25N5O. The number of pyridine rings is 1. The predicted octanol–water partition coefficient (Wildman–Crippen LogP) is 2.93. The van der Waals surface area contributed by atoms with Crippen molar-refractivity contribution < 1.29 is 4.79 Å². The number of fused-ring (bicyclic) bond motifs is 1. The zero-order valence-corrected chi connectivity index (χ0v) is 15.5. The van der Waals surface area contributed by atoms with Crippen molar-refractivity contribution in [3.8, 4) is 0 Å². The third kappa shape index (κ3) is 3.04. The van der Waals surface area contributed by atoms with Gasteiger partial charge in [-0.2, -0.15) is 0 Å². The standard InChI is InChI=1S/C20H25N5O/c1-14-16-8-6-11-24(2)19(16)23-18(22-14)17-9-3-4-12-25(17)20(26)15-7-5-10-21-13-15/h5,7,10,13,17H,3-4,6,8-9,11-12H2,1-2H3/t17-/m1/s1. The highest BCUT2D eigenvalue weighted by atomic mass is 16.2. The average Bonchev–Trinajstić information content (AvgIpc) is 2.69. The van der Waals surface area contributed by atoms with E-state index in [1.807, 2.05) is 11.0 Å². The van der Waals surface area contributed by atoms with Crippen LogP contribution in [0.1, 0.15) is 59.2 Å². The zero-order valence-electron chi connectivity index (χ0n) is 15.5. The summed E-state index contributed by atoms with van der Waals surface area (Å²) < 4.78 is 0. The Morgan fingerprint density at radius 2 is 2.08 bits per heavy atom. The number of amides is 1. The highest BCUT2D eigenvalue weighted by Crippen LogP contribution is 2.33. The van der Waals surface area contributed by atoms with Crippen LogP contribution < -0.4 is 4.90 Å². The van der Waals surface area contributed by atoms with E-state index < -0.39 is 0 Å². The molecule has 6 nitrogen and oxygen atoms in total. The maximum absolute atomic E-state index is 13.0. The molecule has 0 radical (unpaired) electrons. The number of nitrogens with zero attached hydrogens (tertiary/aromatic N) is 5. The normalized spacial score (nSPS) is 20.0. The van der Waals surface area contributed by atoms with E-state index >= 15 is 0 Å². The molecule has 0 unspecified atom stereocenters. The predicted molar refractivity (Wildman–Crippen MR) is 100 cm³/mol. The lowest BCUT2D eigenvalue weighted by Gasteiger charge is -2.36. The van der Waals surface area contributed by atoms with Crippen LogP contribution in [0.5, 0.6) is 0 Å². The van der Waals surface area contributed by atoms with Crippen LogP contribution in [0.4, 0.5) is 5.82 Å². The summed E-state index contributed by atoms with van der Waals surface area (Å²) in [5.41, 5.74) is 2.94. The first-order chi connectivity index (χ1) is 12.6. The fourth-order valence-corrected chi connectivity index (χ4v) is 4.06. The molecule has 0 bridgehead atoms. The van der Waals surface area contributed by atoms with Gasteiger partial charge >= 0.3 is 0 Å². The minimum Gasteiger partial charge on any atom is -0.359 e. The van der Waals surface area contributed by atoms with E-state index in [1.54, 1.807) is 18.5 Å². The molecule has 2 aliphatic rings. The van der Waals surface area contributed by atoms with Crippen molar-refractivity contribution in [3.63, 3.8) is 0 Å². The van der Waals surface area contributed by atoms with E-state index in [2.05, 4.69) is 23.9 Å². The van der Waals surface area contributed by atoms with Gasteiger partial charge in [0.1, 0.15) is 5.82 Å². The molecule has 26 heavy (non-hydrogen) atoms. The monoisotopic (exact) mass is 351 g/mol. The smallest absolute Gasteiger partial charge is 0.256 e. The lowest BCUT2D eigenvalue weighted by molar-refractivity contribution is 0.0599. The summed E-state index contributed by atoms with van der Waals surface area (Å²) >= 11 is 0. The maximum atomic E-state index is 13.0. The Bertz CT molecular complexity index is 807. The molecule has 1 atom stereocenters. The molecule has 1 fully saturated rings. The van der Waals surface area contributed by atoms with Crippen LogP contribution in [0, 0.1) is 6.92 Å². The lowest BCUT2D eigenvalue weighted by atomic mass is 9.99. The van der Waals surface area contributed by atoms with Gasteiger partial charge in [0.05, 0.1) is 11.6 Å². The molecule has 6 heteroatoms. The third-order valence-corrected chi connectivity index (χ3v) is 5.46. The molecule has 2 aromatic rings. The number of likely N-dealkylation sites (tertiary alicyclic amines) is 1. The molecule has 2 aliphatic heterocycles. The Hall–Kier alpha value is -2.50. The van der Waals surface area contributed by atoms with Crippen LogP contribution in [-0.2, 0) is 6.42 Å². The molecule has 0 spiro atoms. The summed E-state index contributed by atoms with van der Waals surface area (Å²) in [5.74, 6) is 1.85. The average molecular weight is 351 g/mol. The zero-order chi connectivity index (χ0) is 18.1. The molecule has 4 rings (SSSR count). The summed E-state index contributed by atoms with van der Waals surface area (Å²) in [6.45, 7) is 3.83.